The predicted octanol–water partition coefficient (Wildman–Crippen LogP) is 2.94. The van der Waals surface area contributed by atoms with Crippen LogP contribution in [0.25, 0.3) is 11.0 Å². The number of carbonyl (C=O) groups is 1. The maximum atomic E-state index is 12.2. The fraction of sp³-hybridized carbons (Fsp3) is 0. The summed E-state index contributed by atoms with van der Waals surface area (Å²) in [5, 5.41) is 0.641. The van der Waals surface area contributed by atoms with Crippen LogP contribution < -0.4 is 5.56 Å². The topological polar surface area (TPSA) is 52.2 Å². The van der Waals surface area contributed by atoms with Crippen LogP contribution >= 0.6 is 11.6 Å². The van der Waals surface area contributed by atoms with Gasteiger partial charge in [-0.25, -0.2) is 0 Å². The molecule has 0 unspecified atom stereocenters. The van der Waals surface area contributed by atoms with Crippen molar-refractivity contribution in [2.45, 2.75) is 0 Å². The van der Waals surface area contributed by atoms with Crippen molar-refractivity contribution in [1.29, 1.82) is 0 Å². The Hall–Kier alpha value is -2.33. The number of para-hydroxylation sites is 1. The summed E-state index contributed by atoms with van der Waals surface area (Å²) >= 11 is 5.94. The van der Waals surface area contributed by atoms with Gasteiger partial charge < -0.3 is 4.52 Å². The molecule has 0 saturated heterocycles. The van der Waals surface area contributed by atoms with Crippen molar-refractivity contribution in [3.05, 3.63) is 69.5 Å². The molecule has 4 nitrogen and oxygen atoms in total. The molecule has 0 aliphatic carbocycles. The predicted molar refractivity (Wildman–Crippen MR) is 71.7 cm³/mol. The van der Waals surface area contributed by atoms with E-state index < -0.39 is 11.5 Å². The van der Waals surface area contributed by atoms with E-state index in [1.54, 1.807) is 48.5 Å². The molecule has 0 bridgehead atoms. The quantitative estimate of drug-likeness (QED) is 0.685. The van der Waals surface area contributed by atoms with Gasteiger partial charge in [-0.2, -0.15) is 0 Å². The minimum atomic E-state index is -0.577. The van der Waals surface area contributed by atoms with Crippen molar-refractivity contribution in [3.8, 4) is 0 Å². The second-order valence-electron chi connectivity index (χ2n) is 3.97. The van der Waals surface area contributed by atoms with Crippen LogP contribution in [0.5, 0.6) is 0 Å². The largest absolute Gasteiger partial charge is 0.368 e. The van der Waals surface area contributed by atoms with Crippen molar-refractivity contribution in [2.24, 2.45) is 0 Å². The molecule has 0 spiro atoms. The summed E-state index contributed by atoms with van der Waals surface area (Å²) in [7, 11) is 0. The Balaban J connectivity index is 2.20. The van der Waals surface area contributed by atoms with Gasteiger partial charge in [-0.1, -0.05) is 40.6 Å². The van der Waals surface area contributed by atoms with Gasteiger partial charge >= 0.3 is 0 Å². The van der Waals surface area contributed by atoms with Crippen LogP contribution in [0.3, 0.4) is 0 Å². The number of benzene rings is 2. The standard InChI is InChI=1S/C14H8ClNO3/c15-11-7-3-1-5-9(11)13(17)16-14(18)10-6-2-4-8-12(10)19-16/h1-8H. The van der Waals surface area contributed by atoms with Gasteiger partial charge in [0.25, 0.3) is 11.5 Å². The Morgan fingerprint density at radius 3 is 2.47 bits per heavy atom. The molecule has 2 aromatic carbocycles. The average Bonchev–Trinajstić information content (AvgIpc) is 2.77. The maximum Gasteiger partial charge on any atom is 0.298 e. The first-order valence-electron chi connectivity index (χ1n) is 5.59. The zero-order valence-electron chi connectivity index (χ0n) is 9.67. The summed E-state index contributed by atoms with van der Waals surface area (Å²) in [5.74, 6) is -0.577. The third-order valence-corrected chi connectivity index (χ3v) is 3.11. The first kappa shape index (κ1) is 11.7. The molecule has 3 rings (SSSR count). The second-order valence-corrected chi connectivity index (χ2v) is 4.38. The molecule has 5 heteroatoms. The van der Waals surface area contributed by atoms with E-state index in [0.29, 0.717) is 11.0 Å². The number of fused-ring (bicyclic) bond motifs is 1. The zero-order chi connectivity index (χ0) is 13.4. The molecule has 0 amide bonds. The van der Waals surface area contributed by atoms with E-state index in [1.165, 1.54) is 0 Å². The van der Waals surface area contributed by atoms with Crippen LogP contribution in [0, 0.1) is 0 Å². The lowest BCUT2D eigenvalue weighted by molar-refractivity contribution is 0.0851. The molecule has 3 aromatic rings. The molecule has 19 heavy (non-hydrogen) atoms. The number of carbonyl (C=O) groups excluding carboxylic acids is 1. The number of rotatable bonds is 1. The third-order valence-electron chi connectivity index (χ3n) is 2.78. The Morgan fingerprint density at radius 2 is 1.74 bits per heavy atom. The summed E-state index contributed by atoms with van der Waals surface area (Å²) in [6, 6.07) is 13.2. The Kier molecular flexibility index (Phi) is 2.72. The van der Waals surface area contributed by atoms with Gasteiger partial charge in [0.1, 0.15) is 0 Å². The van der Waals surface area contributed by atoms with Gasteiger partial charge in [-0.3, -0.25) is 9.59 Å². The third kappa shape index (κ3) is 1.86. The van der Waals surface area contributed by atoms with E-state index in [4.69, 9.17) is 16.1 Å². The number of hydrogen-bond donors (Lipinski definition) is 0. The van der Waals surface area contributed by atoms with Crippen LogP contribution in [0.2, 0.25) is 5.02 Å². The Bertz CT molecular complexity index is 832. The summed E-state index contributed by atoms with van der Waals surface area (Å²) < 4.78 is 5.99. The van der Waals surface area contributed by atoms with E-state index in [2.05, 4.69) is 0 Å². The fourth-order valence-corrected chi connectivity index (χ4v) is 2.07. The Morgan fingerprint density at radius 1 is 1.05 bits per heavy atom. The fourth-order valence-electron chi connectivity index (χ4n) is 1.85. The minimum Gasteiger partial charge on any atom is -0.368 e. The molecule has 1 heterocycles. The molecule has 0 atom stereocenters. The van der Waals surface area contributed by atoms with E-state index in [1.807, 2.05) is 0 Å². The highest BCUT2D eigenvalue weighted by atomic mass is 35.5. The average molecular weight is 274 g/mol. The van der Waals surface area contributed by atoms with E-state index in [0.717, 1.165) is 4.74 Å². The molecule has 0 fully saturated rings. The lowest BCUT2D eigenvalue weighted by atomic mass is 10.2. The maximum absolute atomic E-state index is 12.2. The van der Waals surface area contributed by atoms with Crippen LogP contribution in [0.4, 0.5) is 0 Å². The number of aromatic nitrogens is 1. The van der Waals surface area contributed by atoms with Crippen molar-refractivity contribution in [3.63, 3.8) is 0 Å². The highest BCUT2D eigenvalue weighted by Crippen LogP contribution is 2.17. The number of halogens is 1. The lowest BCUT2D eigenvalue weighted by Gasteiger charge is -2.00. The van der Waals surface area contributed by atoms with Crippen molar-refractivity contribution in [1.82, 2.24) is 4.74 Å². The minimum absolute atomic E-state index is 0.227. The van der Waals surface area contributed by atoms with Crippen molar-refractivity contribution in [2.75, 3.05) is 0 Å². The van der Waals surface area contributed by atoms with Crippen LogP contribution in [-0.2, 0) is 0 Å². The van der Waals surface area contributed by atoms with Crippen molar-refractivity contribution < 1.29 is 9.32 Å². The monoisotopic (exact) mass is 273 g/mol. The molecule has 0 aliphatic rings. The molecule has 0 aliphatic heterocycles. The van der Waals surface area contributed by atoms with Crippen LogP contribution in [0.1, 0.15) is 10.4 Å². The van der Waals surface area contributed by atoms with Crippen molar-refractivity contribution >= 4 is 28.5 Å². The molecule has 0 saturated carbocycles. The Labute approximate surface area is 112 Å². The molecule has 0 N–H and O–H groups in total. The normalized spacial score (nSPS) is 10.8. The molecule has 1 aromatic heterocycles. The van der Waals surface area contributed by atoms with Gasteiger partial charge in [0, 0.05) is 0 Å². The van der Waals surface area contributed by atoms with Gasteiger partial charge in [0.05, 0.1) is 16.0 Å². The van der Waals surface area contributed by atoms with E-state index >= 15 is 0 Å². The summed E-state index contributed by atoms with van der Waals surface area (Å²) in [4.78, 5) is 24.3. The van der Waals surface area contributed by atoms with Gasteiger partial charge in [-0.15, -0.1) is 0 Å². The lowest BCUT2D eigenvalue weighted by Crippen LogP contribution is -2.23. The van der Waals surface area contributed by atoms with E-state index in [-0.39, 0.29) is 10.6 Å². The molecular weight excluding hydrogens is 266 g/mol. The smallest absolute Gasteiger partial charge is 0.298 e. The second kappa shape index (κ2) is 4.40. The summed E-state index contributed by atoms with van der Waals surface area (Å²) in [5.41, 5.74) is 0.110. The molecule has 94 valence electrons. The summed E-state index contributed by atoms with van der Waals surface area (Å²) in [6.07, 6.45) is 0. The SMILES string of the molecule is O=C(c1ccccc1Cl)n1oc2ccccc2c1=O. The number of nitrogens with zero attached hydrogens (tertiary/aromatic N) is 1. The van der Waals surface area contributed by atoms with E-state index in [9.17, 15) is 9.59 Å². The summed E-state index contributed by atoms with van der Waals surface area (Å²) in [6.45, 7) is 0. The molecule has 0 radical (unpaired) electrons. The van der Waals surface area contributed by atoms with Gasteiger partial charge in [-0.05, 0) is 24.3 Å². The number of hydrogen-bond acceptors (Lipinski definition) is 3. The van der Waals surface area contributed by atoms with Crippen LogP contribution in [-0.4, -0.2) is 10.6 Å². The highest BCUT2D eigenvalue weighted by molar-refractivity contribution is 6.33. The first-order chi connectivity index (χ1) is 9.18. The van der Waals surface area contributed by atoms with Gasteiger partial charge in [0.15, 0.2) is 5.58 Å². The van der Waals surface area contributed by atoms with Gasteiger partial charge in [0.2, 0.25) is 0 Å². The van der Waals surface area contributed by atoms with Crippen LogP contribution in [0.15, 0.2) is 57.8 Å². The highest BCUT2D eigenvalue weighted by Gasteiger charge is 2.18. The molecular formula is C14H8ClNO3. The first-order valence-corrected chi connectivity index (χ1v) is 5.96. The zero-order valence-corrected chi connectivity index (χ0v) is 10.4.